The number of hydrogen-bond donors (Lipinski definition) is 0. The van der Waals surface area contributed by atoms with Crippen LogP contribution in [0.3, 0.4) is 0 Å². The van der Waals surface area contributed by atoms with E-state index >= 15 is 0 Å². The van der Waals surface area contributed by atoms with Gasteiger partial charge in [-0.2, -0.15) is 10.2 Å². The van der Waals surface area contributed by atoms with Gasteiger partial charge in [-0.1, -0.05) is 24.9 Å². The van der Waals surface area contributed by atoms with Crippen molar-refractivity contribution < 1.29 is 4.52 Å². The molecular formula is C12H17N3O. The lowest BCUT2D eigenvalue weighted by atomic mass is 9.82. The molecule has 0 amide bonds. The van der Waals surface area contributed by atoms with Gasteiger partial charge >= 0.3 is 0 Å². The van der Waals surface area contributed by atoms with Crippen molar-refractivity contribution in [2.75, 3.05) is 0 Å². The first kappa shape index (κ1) is 11.1. The van der Waals surface area contributed by atoms with E-state index in [-0.39, 0.29) is 0 Å². The van der Waals surface area contributed by atoms with Crippen LogP contribution in [-0.2, 0) is 6.42 Å². The van der Waals surface area contributed by atoms with Crippen LogP contribution in [0.15, 0.2) is 4.52 Å². The lowest BCUT2D eigenvalue weighted by Gasteiger charge is -2.23. The molecular weight excluding hydrogens is 202 g/mol. The largest absolute Gasteiger partial charge is 0.339 e. The van der Waals surface area contributed by atoms with Crippen molar-refractivity contribution in [3.8, 4) is 6.07 Å². The summed E-state index contributed by atoms with van der Waals surface area (Å²) in [5, 5.41) is 12.5. The maximum Gasteiger partial charge on any atom is 0.227 e. The molecule has 1 heterocycles. The Kier molecular flexibility index (Phi) is 3.55. The molecule has 2 unspecified atom stereocenters. The van der Waals surface area contributed by atoms with E-state index in [1.165, 1.54) is 19.3 Å². The molecule has 86 valence electrons. The third kappa shape index (κ3) is 2.60. The zero-order valence-corrected chi connectivity index (χ0v) is 9.65. The SMILES string of the molecule is CC1CCCC(c2noc(CCC#N)n2)C1. The topological polar surface area (TPSA) is 62.7 Å². The minimum absolute atomic E-state index is 0.447. The Labute approximate surface area is 95.7 Å². The Morgan fingerprint density at radius 3 is 3.12 bits per heavy atom. The van der Waals surface area contributed by atoms with E-state index in [0.717, 1.165) is 18.2 Å². The first-order valence-corrected chi connectivity index (χ1v) is 5.99. The summed E-state index contributed by atoms with van der Waals surface area (Å²) >= 11 is 0. The lowest BCUT2D eigenvalue weighted by Crippen LogP contribution is -2.12. The normalized spacial score (nSPS) is 25.2. The number of hydrogen-bond acceptors (Lipinski definition) is 4. The van der Waals surface area contributed by atoms with Gasteiger partial charge < -0.3 is 4.52 Å². The van der Waals surface area contributed by atoms with Gasteiger partial charge in [-0.3, -0.25) is 0 Å². The summed E-state index contributed by atoms with van der Waals surface area (Å²) in [4.78, 5) is 4.38. The molecule has 0 spiro atoms. The van der Waals surface area contributed by atoms with Crippen molar-refractivity contribution in [3.63, 3.8) is 0 Å². The highest BCUT2D eigenvalue weighted by atomic mass is 16.5. The second-order valence-corrected chi connectivity index (χ2v) is 4.67. The van der Waals surface area contributed by atoms with Gasteiger partial charge in [-0.15, -0.1) is 0 Å². The number of rotatable bonds is 3. The van der Waals surface area contributed by atoms with Crippen LogP contribution in [0, 0.1) is 17.2 Å². The highest BCUT2D eigenvalue weighted by Crippen LogP contribution is 2.34. The van der Waals surface area contributed by atoms with Gasteiger partial charge in [0.25, 0.3) is 0 Å². The Hall–Kier alpha value is -1.37. The van der Waals surface area contributed by atoms with E-state index in [4.69, 9.17) is 9.78 Å². The summed E-state index contributed by atoms with van der Waals surface area (Å²) < 4.78 is 5.14. The van der Waals surface area contributed by atoms with E-state index in [1.54, 1.807) is 0 Å². The smallest absolute Gasteiger partial charge is 0.227 e. The van der Waals surface area contributed by atoms with Crippen LogP contribution in [0.1, 0.15) is 56.7 Å². The molecule has 1 aliphatic carbocycles. The fraction of sp³-hybridized carbons (Fsp3) is 0.750. The zero-order valence-electron chi connectivity index (χ0n) is 9.65. The van der Waals surface area contributed by atoms with Crippen LogP contribution in [0.5, 0.6) is 0 Å². The maximum absolute atomic E-state index is 8.48. The van der Waals surface area contributed by atoms with Gasteiger partial charge in [0.05, 0.1) is 6.07 Å². The second kappa shape index (κ2) is 5.11. The van der Waals surface area contributed by atoms with Crippen LogP contribution < -0.4 is 0 Å². The molecule has 1 aromatic heterocycles. The third-order valence-electron chi connectivity index (χ3n) is 3.24. The van der Waals surface area contributed by atoms with Gasteiger partial charge in [0.2, 0.25) is 5.89 Å². The van der Waals surface area contributed by atoms with E-state index < -0.39 is 0 Å². The predicted octanol–water partition coefficient (Wildman–Crippen LogP) is 2.82. The molecule has 4 nitrogen and oxygen atoms in total. The average Bonchev–Trinajstić information content (AvgIpc) is 2.75. The van der Waals surface area contributed by atoms with Crippen LogP contribution in [0.25, 0.3) is 0 Å². The lowest BCUT2D eigenvalue weighted by molar-refractivity contribution is 0.320. The molecule has 1 fully saturated rings. The molecule has 2 rings (SSSR count). The van der Waals surface area contributed by atoms with Crippen LogP contribution in [0.2, 0.25) is 0 Å². The third-order valence-corrected chi connectivity index (χ3v) is 3.24. The van der Waals surface area contributed by atoms with Crippen molar-refractivity contribution in [2.24, 2.45) is 5.92 Å². The Balaban J connectivity index is 1.98. The molecule has 0 aromatic carbocycles. The average molecular weight is 219 g/mol. The van der Waals surface area contributed by atoms with Crippen LogP contribution in [0.4, 0.5) is 0 Å². The molecule has 1 saturated carbocycles. The quantitative estimate of drug-likeness (QED) is 0.784. The van der Waals surface area contributed by atoms with Gasteiger partial charge in [0, 0.05) is 18.8 Å². The molecule has 16 heavy (non-hydrogen) atoms. The van der Waals surface area contributed by atoms with Gasteiger partial charge in [0.15, 0.2) is 5.82 Å². The monoisotopic (exact) mass is 219 g/mol. The van der Waals surface area contributed by atoms with Gasteiger partial charge in [0.1, 0.15) is 0 Å². The van der Waals surface area contributed by atoms with E-state index in [2.05, 4.69) is 23.1 Å². The summed E-state index contributed by atoms with van der Waals surface area (Å²) in [6, 6.07) is 2.08. The summed E-state index contributed by atoms with van der Waals surface area (Å²) in [5.74, 6) is 2.68. The second-order valence-electron chi connectivity index (χ2n) is 4.67. The van der Waals surface area contributed by atoms with E-state index in [9.17, 15) is 0 Å². The fourth-order valence-electron chi connectivity index (χ4n) is 2.37. The highest BCUT2D eigenvalue weighted by Gasteiger charge is 2.24. The molecule has 0 radical (unpaired) electrons. The molecule has 0 N–H and O–H groups in total. The molecule has 0 aliphatic heterocycles. The minimum atomic E-state index is 0.447. The van der Waals surface area contributed by atoms with Gasteiger partial charge in [-0.05, 0) is 18.8 Å². The first-order valence-electron chi connectivity index (χ1n) is 5.99. The number of nitriles is 1. The first-order chi connectivity index (χ1) is 7.79. The summed E-state index contributed by atoms with van der Waals surface area (Å²) in [6.45, 7) is 2.28. The Morgan fingerprint density at radius 2 is 2.38 bits per heavy atom. The molecule has 0 bridgehead atoms. The summed E-state index contributed by atoms with van der Waals surface area (Å²) in [7, 11) is 0. The zero-order chi connectivity index (χ0) is 11.4. The minimum Gasteiger partial charge on any atom is -0.339 e. The van der Waals surface area contributed by atoms with E-state index in [0.29, 0.717) is 24.7 Å². The maximum atomic E-state index is 8.48. The van der Waals surface area contributed by atoms with Crippen molar-refractivity contribution >= 4 is 0 Å². The van der Waals surface area contributed by atoms with Crippen molar-refractivity contribution in [1.82, 2.24) is 10.1 Å². The molecule has 1 aliphatic rings. The molecule has 4 heteroatoms. The van der Waals surface area contributed by atoms with E-state index in [1.807, 2.05) is 0 Å². The predicted molar refractivity (Wildman–Crippen MR) is 58.6 cm³/mol. The van der Waals surface area contributed by atoms with Crippen LogP contribution >= 0.6 is 0 Å². The standard InChI is InChI=1S/C12H17N3O/c1-9-4-2-5-10(8-9)12-14-11(16-15-12)6-3-7-13/h9-10H,2-6,8H2,1H3. The number of aryl methyl sites for hydroxylation is 1. The number of nitrogens with zero attached hydrogens (tertiary/aromatic N) is 3. The Morgan fingerprint density at radius 1 is 1.50 bits per heavy atom. The molecule has 2 atom stereocenters. The Bertz CT molecular complexity index is 380. The fourth-order valence-corrected chi connectivity index (χ4v) is 2.37. The summed E-state index contributed by atoms with van der Waals surface area (Å²) in [6.07, 6.45) is 5.93. The summed E-state index contributed by atoms with van der Waals surface area (Å²) in [5.41, 5.74) is 0. The van der Waals surface area contributed by atoms with Crippen LogP contribution in [-0.4, -0.2) is 10.1 Å². The van der Waals surface area contributed by atoms with Crippen molar-refractivity contribution in [3.05, 3.63) is 11.7 Å². The highest BCUT2D eigenvalue weighted by molar-refractivity contribution is 4.98. The van der Waals surface area contributed by atoms with Crippen molar-refractivity contribution in [1.29, 1.82) is 5.26 Å². The molecule has 1 aromatic rings. The number of aromatic nitrogens is 2. The van der Waals surface area contributed by atoms with Crippen molar-refractivity contribution in [2.45, 2.75) is 51.4 Å². The molecule has 0 saturated heterocycles. The van der Waals surface area contributed by atoms with Gasteiger partial charge in [-0.25, -0.2) is 0 Å².